The number of hydrogen-bond donors (Lipinski definition) is 3. The van der Waals surface area contributed by atoms with Crippen molar-refractivity contribution in [1.29, 1.82) is 0 Å². The summed E-state index contributed by atoms with van der Waals surface area (Å²) >= 11 is 0. The summed E-state index contributed by atoms with van der Waals surface area (Å²) < 4.78 is 32.8. The molecule has 0 aliphatic heterocycles. The average Bonchev–Trinajstić information content (AvgIpc) is 2.95. The molecule has 1 heterocycles. The van der Waals surface area contributed by atoms with Gasteiger partial charge in [-0.15, -0.1) is 24.0 Å². The van der Waals surface area contributed by atoms with Crippen LogP contribution in [-0.2, 0) is 28.9 Å². The highest BCUT2D eigenvalue weighted by Gasteiger charge is 2.15. The average molecular weight is 549 g/mol. The van der Waals surface area contributed by atoms with Crippen LogP contribution in [0.2, 0.25) is 0 Å². The number of nitrogens with one attached hydrogen (secondary N) is 3. The summed E-state index contributed by atoms with van der Waals surface area (Å²) in [6.45, 7) is 10.8. The minimum atomic E-state index is -3.40. The molecule has 0 unspecified atom stereocenters. The zero-order valence-electron chi connectivity index (χ0n) is 18.2. The molecule has 0 saturated heterocycles. The topological polar surface area (TPSA) is 109 Å². The Morgan fingerprint density at radius 3 is 2.40 bits per heavy atom. The van der Waals surface area contributed by atoms with Crippen LogP contribution >= 0.6 is 24.0 Å². The number of aliphatic imine (C=N–C) groups is 1. The molecule has 0 saturated carbocycles. The largest absolute Gasteiger partial charge is 0.444 e. The predicted octanol–water partition coefficient (Wildman–Crippen LogP) is 2.99. The fourth-order valence-corrected chi connectivity index (χ4v) is 4.23. The van der Waals surface area contributed by atoms with E-state index in [1.54, 1.807) is 13.8 Å². The number of sulfonamides is 1. The molecule has 0 radical (unpaired) electrons. The van der Waals surface area contributed by atoms with Crippen LogP contribution in [0.4, 0.5) is 0 Å². The van der Waals surface area contributed by atoms with E-state index in [9.17, 15) is 8.42 Å². The number of rotatable bonds is 9. The van der Waals surface area contributed by atoms with E-state index in [4.69, 9.17) is 4.42 Å². The molecule has 2 aromatic rings. The van der Waals surface area contributed by atoms with Gasteiger partial charge >= 0.3 is 0 Å². The number of hydrogen-bond acceptors (Lipinski definition) is 5. The summed E-state index contributed by atoms with van der Waals surface area (Å²) in [5.41, 5.74) is 2.47. The Morgan fingerprint density at radius 2 is 1.83 bits per heavy atom. The number of oxazole rings is 1. The van der Waals surface area contributed by atoms with Gasteiger partial charge in [0.1, 0.15) is 5.76 Å². The normalized spacial score (nSPS) is 12.0. The Kier molecular flexibility index (Phi) is 10.8. The molecule has 0 atom stereocenters. The van der Waals surface area contributed by atoms with Crippen LogP contribution in [0, 0.1) is 13.8 Å². The fraction of sp³-hybridized carbons (Fsp3) is 0.500. The summed E-state index contributed by atoms with van der Waals surface area (Å²) in [6, 6.07) is 7.30. The maximum absolute atomic E-state index is 12.3. The molecule has 10 heteroatoms. The monoisotopic (exact) mass is 549 g/mol. The first kappa shape index (κ1) is 26.4. The third kappa shape index (κ3) is 8.60. The standard InChI is InChI=1S/C20H31N5O3S.HI/c1-6-21-20(23-12-19-24-15(4)16(5)28-19)22-11-17-9-7-8-10-18(17)13-29(26,27)25-14(2)3;/h7-10,14,25H,6,11-13H2,1-5H3,(H2,21,22,23);1H. The lowest BCUT2D eigenvalue weighted by Crippen LogP contribution is -2.37. The van der Waals surface area contributed by atoms with Crippen molar-refractivity contribution in [2.75, 3.05) is 6.54 Å². The van der Waals surface area contributed by atoms with Crippen LogP contribution in [0.1, 0.15) is 49.2 Å². The molecule has 0 aliphatic carbocycles. The first-order valence-electron chi connectivity index (χ1n) is 9.72. The first-order valence-corrected chi connectivity index (χ1v) is 11.4. The number of benzene rings is 1. The molecular weight excluding hydrogens is 517 g/mol. The highest BCUT2D eigenvalue weighted by Crippen LogP contribution is 2.14. The van der Waals surface area contributed by atoms with E-state index in [1.165, 1.54) is 0 Å². The molecule has 168 valence electrons. The van der Waals surface area contributed by atoms with Crippen LogP contribution in [0.5, 0.6) is 0 Å². The third-order valence-electron chi connectivity index (χ3n) is 4.11. The number of aromatic nitrogens is 1. The van der Waals surface area contributed by atoms with Crippen molar-refractivity contribution >= 4 is 40.0 Å². The zero-order valence-corrected chi connectivity index (χ0v) is 21.3. The lowest BCUT2D eigenvalue weighted by atomic mass is 10.1. The smallest absolute Gasteiger partial charge is 0.216 e. The molecule has 3 N–H and O–H groups in total. The van der Waals surface area contributed by atoms with E-state index in [-0.39, 0.29) is 35.8 Å². The van der Waals surface area contributed by atoms with Crippen molar-refractivity contribution in [1.82, 2.24) is 20.3 Å². The van der Waals surface area contributed by atoms with Gasteiger partial charge < -0.3 is 15.1 Å². The van der Waals surface area contributed by atoms with Gasteiger partial charge in [-0.3, -0.25) is 0 Å². The maximum Gasteiger partial charge on any atom is 0.216 e. The van der Waals surface area contributed by atoms with Crippen molar-refractivity contribution in [3.05, 3.63) is 52.7 Å². The van der Waals surface area contributed by atoms with Crippen molar-refractivity contribution in [3.63, 3.8) is 0 Å². The number of guanidine groups is 1. The second-order valence-electron chi connectivity index (χ2n) is 7.10. The number of nitrogens with zero attached hydrogens (tertiary/aromatic N) is 2. The summed E-state index contributed by atoms with van der Waals surface area (Å²) in [4.78, 5) is 8.94. The quantitative estimate of drug-likeness (QED) is 0.252. The van der Waals surface area contributed by atoms with Crippen molar-refractivity contribution < 1.29 is 12.8 Å². The van der Waals surface area contributed by atoms with Crippen LogP contribution in [0.3, 0.4) is 0 Å². The van der Waals surface area contributed by atoms with E-state index in [0.29, 0.717) is 31.5 Å². The molecule has 8 nitrogen and oxygen atoms in total. The highest BCUT2D eigenvalue weighted by molar-refractivity contribution is 14.0. The molecule has 1 aromatic carbocycles. The summed E-state index contributed by atoms with van der Waals surface area (Å²) in [6.07, 6.45) is 0. The lowest BCUT2D eigenvalue weighted by Gasteiger charge is -2.13. The molecule has 0 amide bonds. The molecule has 0 bridgehead atoms. The predicted molar refractivity (Wildman–Crippen MR) is 130 cm³/mol. The van der Waals surface area contributed by atoms with Crippen LogP contribution in [0.15, 0.2) is 33.7 Å². The zero-order chi connectivity index (χ0) is 21.4. The Morgan fingerprint density at radius 1 is 1.17 bits per heavy atom. The van der Waals surface area contributed by atoms with E-state index >= 15 is 0 Å². The molecule has 0 aliphatic rings. The van der Waals surface area contributed by atoms with Gasteiger partial charge in [-0.2, -0.15) is 0 Å². The molecule has 0 fully saturated rings. The summed E-state index contributed by atoms with van der Waals surface area (Å²) in [7, 11) is -3.40. The van der Waals surface area contributed by atoms with Crippen LogP contribution in [-0.4, -0.2) is 31.9 Å². The molecular formula is C20H32IN5O3S. The summed E-state index contributed by atoms with van der Waals surface area (Å²) in [5, 5.41) is 6.37. The van der Waals surface area contributed by atoms with Crippen LogP contribution in [0.25, 0.3) is 0 Å². The highest BCUT2D eigenvalue weighted by atomic mass is 127. The van der Waals surface area contributed by atoms with Gasteiger partial charge in [0.15, 0.2) is 5.96 Å². The second kappa shape index (κ2) is 12.3. The van der Waals surface area contributed by atoms with Crippen molar-refractivity contribution in [2.45, 2.75) is 59.5 Å². The molecule has 0 spiro atoms. The van der Waals surface area contributed by atoms with Gasteiger partial charge in [0.25, 0.3) is 0 Å². The number of aryl methyl sites for hydroxylation is 2. The number of halogens is 1. The van der Waals surface area contributed by atoms with E-state index < -0.39 is 10.0 Å². The van der Waals surface area contributed by atoms with Gasteiger partial charge in [0, 0.05) is 12.6 Å². The molecule has 1 aromatic heterocycles. The van der Waals surface area contributed by atoms with E-state index in [1.807, 2.05) is 45.0 Å². The SMILES string of the molecule is CCNC(=NCc1ccccc1CS(=O)(=O)NC(C)C)NCc1nc(C)c(C)o1.I. The van der Waals surface area contributed by atoms with E-state index in [0.717, 1.165) is 22.6 Å². The first-order chi connectivity index (χ1) is 13.7. The molecule has 30 heavy (non-hydrogen) atoms. The van der Waals surface area contributed by atoms with Gasteiger partial charge in [-0.25, -0.2) is 23.1 Å². The van der Waals surface area contributed by atoms with Gasteiger partial charge in [-0.05, 0) is 45.7 Å². The third-order valence-corrected chi connectivity index (χ3v) is 5.63. The molecule has 2 rings (SSSR count). The van der Waals surface area contributed by atoms with Gasteiger partial charge in [0.05, 0.1) is 24.5 Å². The van der Waals surface area contributed by atoms with Crippen molar-refractivity contribution in [2.24, 2.45) is 4.99 Å². The van der Waals surface area contributed by atoms with Crippen LogP contribution < -0.4 is 15.4 Å². The second-order valence-corrected chi connectivity index (χ2v) is 8.85. The fourth-order valence-electron chi connectivity index (χ4n) is 2.74. The Bertz CT molecular complexity index is 922. The van der Waals surface area contributed by atoms with Gasteiger partial charge in [0.2, 0.25) is 15.9 Å². The minimum Gasteiger partial charge on any atom is -0.444 e. The maximum atomic E-state index is 12.3. The Labute approximate surface area is 196 Å². The van der Waals surface area contributed by atoms with E-state index in [2.05, 4.69) is 25.3 Å². The van der Waals surface area contributed by atoms with Crippen molar-refractivity contribution in [3.8, 4) is 0 Å². The lowest BCUT2D eigenvalue weighted by molar-refractivity contribution is 0.463. The minimum absolute atomic E-state index is 0. The Hall–Kier alpha value is -1.66. The van der Waals surface area contributed by atoms with Gasteiger partial charge in [-0.1, -0.05) is 24.3 Å². The summed E-state index contributed by atoms with van der Waals surface area (Å²) in [5.74, 6) is 1.93. The Balaban J connectivity index is 0.00000450.